The lowest BCUT2D eigenvalue weighted by molar-refractivity contribution is 0.199. The normalized spacial score (nSPS) is 18.0. The average Bonchev–Trinajstić information content (AvgIpc) is 2.54. The number of nitrogens with one attached hydrogen (secondary N) is 1. The monoisotopic (exact) mass is 288 g/mol. The maximum atomic E-state index is 3.42. The number of anilines is 1. The van der Waals surface area contributed by atoms with Gasteiger partial charge in [-0.15, -0.1) is 0 Å². The van der Waals surface area contributed by atoms with Gasteiger partial charge in [-0.2, -0.15) is 0 Å². The molecule has 0 aliphatic carbocycles. The predicted molar refractivity (Wildman–Crippen MR) is 93.0 cm³/mol. The van der Waals surface area contributed by atoms with Gasteiger partial charge in [0.15, 0.2) is 0 Å². The zero-order valence-corrected chi connectivity index (χ0v) is 14.3. The van der Waals surface area contributed by atoms with Gasteiger partial charge in [0.2, 0.25) is 0 Å². The molecule has 2 rings (SSSR count). The highest BCUT2D eigenvalue weighted by atomic mass is 15.1. The van der Waals surface area contributed by atoms with Gasteiger partial charge in [-0.3, -0.25) is 0 Å². The summed E-state index contributed by atoms with van der Waals surface area (Å²) in [6.07, 6.45) is 5.35. The molecule has 0 amide bonds. The van der Waals surface area contributed by atoms with E-state index in [4.69, 9.17) is 0 Å². The second-order valence-electron chi connectivity index (χ2n) is 6.59. The molecule has 0 radical (unpaired) electrons. The fourth-order valence-corrected chi connectivity index (χ4v) is 3.53. The minimum atomic E-state index is 0.608. The largest absolute Gasteiger partial charge is 0.371 e. The summed E-state index contributed by atoms with van der Waals surface area (Å²) in [5, 5.41) is 3.42. The van der Waals surface area contributed by atoms with Gasteiger partial charge in [0.1, 0.15) is 0 Å². The molecule has 1 aromatic carbocycles. The third kappa shape index (κ3) is 3.79. The van der Waals surface area contributed by atoms with E-state index in [-0.39, 0.29) is 0 Å². The molecule has 1 aliphatic rings. The van der Waals surface area contributed by atoms with Crippen LogP contribution in [0.3, 0.4) is 0 Å². The van der Waals surface area contributed by atoms with Crippen molar-refractivity contribution in [2.24, 2.45) is 5.41 Å². The zero-order valence-electron chi connectivity index (χ0n) is 14.3. The lowest BCUT2D eigenvalue weighted by Crippen LogP contribution is -2.39. The molecule has 0 atom stereocenters. The highest BCUT2D eigenvalue weighted by Crippen LogP contribution is 2.39. The van der Waals surface area contributed by atoms with Crippen molar-refractivity contribution in [2.45, 2.75) is 59.9 Å². The molecule has 0 bridgehead atoms. The Morgan fingerprint density at radius 1 is 1.10 bits per heavy atom. The van der Waals surface area contributed by atoms with Gasteiger partial charge in [-0.25, -0.2) is 0 Å². The van der Waals surface area contributed by atoms with Crippen molar-refractivity contribution < 1.29 is 0 Å². The summed E-state index contributed by atoms with van der Waals surface area (Å²) in [6, 6.07) is 6.98. The lowest BCUT2D eigenvalue weighted by Gasteiger charge is -2.42. The standard InChI is InChI=1S/C19H32N2/c1-5-19(6-2)10-12-21(13-11-19)18-9-8-17(15-20-7-3)16(4)14-18/h8-9,14,20H,5-7,10-13,15H2,1-4H3. The molecule has 1 saturated heterocycles. The number of piperidine rings is 1. The van der Waals surface area contributed by atoms with Crippen LogP contribution in [0.5, 0.6) is 0 Å². The molecule has 1 aromatic rings. The van der Waals surface area contributed by atoms with E-state index in [1.54, 1.807) is 0 Å². The van der Waals surface area contributed by atoms with E-state index in [2.05, 4.69) is 56.1 Å². The Bertz CT molecular complexity index is 439. The number of benzene rings is 1. The molecule has 21 heavy (non-hydrogen) atoms. The van der Waals surface area contributed by atoms with Crippen molar-refractivity contribution in [3.05, 3.63) is 29.3 Å². The highest BCUT2D eigenvalue weighted by molar-refractivity contribution is 5.51. The summed E-state index contributed by atoms with van der Waals surface area (Å²) in [4.78, 5) is 2.58. The first-order valence-electron chi connectivity index (χ1n) is 8.69. The van der Waals surface area contributed by atoms with Crippen molar-refractivity contribution >= 4 is 5.69 Å². The van der Waals surface area contributed by atoms with Gasteiger partial charge in [0.25, 0.3) is 0 Å². The molecule has 1 N–H and O–H groups in total. The van der Waals surface area contributed by atoms with Gasteiger partial charge in [-0.05, 0) is 55.0 Å². The molecule has 0 saturated carbocycles. The van der Waals surface area contributed by atoms with E-state index in [0.29, 0.717) is 5.41 Å². The fourth-order valence-electron chi connectivity index (χ4n) is 3.53. The highest BCUT2D eigenvalue weighted by Gasteiger charge is 2.31. The molecule has 0 aromatic heterocycles. The van der Waals surface area contributed by atoms with Gasteiger partial charge < -0.3 is 10.2 Å². The Labute approximate surface area is 130 Å². The van der Waals surface area contributed by atoms with Crippen LogP contribution >= 0.6 is 0 Å². The van der Waals surface area contributed by atoms with Crippen LogP contribution in [0.2, 0.25) is 0 Å². The molecule has 1 fully saturated rings. The minimum absolute atomic E-state index is 0.608. The second kappa shape index (κ2) is 7.31. The van der Waals surface area contributed by atoms with Gasteiger partial charge in [-0.1, -0.05) is 39.7 Å². The van der Waals surface area contributed by atoms with Crippen LogP contribution in [0.1, 0.15) is 57.6 Å². The summed E-state index contributed by atoms with van der Waals surface area (Å²) in [6.45, 7) is 13.6. The van der Waals surface area contributed by atoms with Crippen LogP contribution in [0, 0.1) is 12.3 Å². The van der Waals surface area contributed by atoms with Gasteiger partial charge >= 0.3 is 0 Å². The number of hydrogen-bond acceptors (Lipinski definition) is 2. The van der Waals surface area contributed by atoms with Crippen LogP contribution < -0.4 is 10.2 Å². The summed E-state index contributed by atoms with van der Waals surface area (Å²) >= 11 is 0. The van der Waals surface area contributed by atoms with E-state index >= 15 is 0 Å². The summed E-state index contributed by atoms with van der Waals surface area (Å²) in [7, 11) is 0. The molecule has 0 unspecified atom stereocenters. The number of aryl methyl sites for hydroxylation is 1. The average molecular weight is 288 g/mol. The van der Waals surface area contributed by atoms with Crippen LogP contribution in [0.4, 0.5) is 5.69 Å². The van der Waals surface area contributed by atoms with Gasteiger partial charge in [0.05, 0.1) is 0 Å². The van der Waals surface area contributed by atoms with Crippen molar-refractivity contribution in [1.29, 1.82) is 0 Å². The number of nitrogens with zero attached hydrogens (tertiary/aromatic N) is 1. The first kappa shape index (κ1) is 16.4. The van der Waals surface area contributed by atoms with E-state index in [0.717, 1.165) is 13.1 Å². The van der Waals surface area contributed by atoms with E-state index in [1.807, 2.05) is 0 Å². The Hall–Kier alpha value is -1.02. The lowest BCUT2D eigenvalue weighted by atomic mass is 9.74. The topological polar surface area (TPSA) is 15.3 Å². The summed E-state index contributed by atoms with van der Waals surface area (Å²) in [5.41, 5.74) is 4.86. The van der Waals surface area contributed by atoms with Crippen LogP contribution in [-0.2, 0) is 6.54 Å². The molecular formula is C19H32N2. The smallest absolute Gasteiger partial charge is 0.0369 e. The maximum absolute atomic E-state index is 3.42. The second-order valence-corrected chi connectivity index (χ2v) is 6.59. The minimum Gasteiger partial charge on any atom is -0.371 e. The van der Waals surface area contributed by atoms with E-state index < -0.39 is 0 Å². The third-order valence-electron chi connectivity index (χ3n) is 5.58. The number of rotatable bonds is 6. The molecule has 118 valence electrons. The maximum Gasteiger partial charge on any atom is 0.0369 e. The number of hydrogen-bond donors (Lipinski definition) is 1. The summed E-state index contributed by atoms with van der Waals surface area (Å²) in [5.74, 6) is 0. The molecule has 2 heteroatoms. The Kier molecular flexibility index (Phi) is 5.69. The molecule has 1 heterocycles. The van der Waals surface area contributed by atoms with Crippen LogP contribution in [0.25, 0.3) is 0 Å². The molecular weight excluding hydrogens is 256 g/mol. The van der Waals surface area contributed by atoms with Crippen molar-refractivity contribution in [1.82, 2.24) is 5.32 Å². The Morgan fingerprint density at radius 2 is 1.76 bits per heavy atom. The first-order chi connectivity index (χ1) is 10.1. The fraction of sp³-hybridized carbons (Fsp3) is 0.684. The van der Waals surface area contributed by atoms with Crippen molar-refractivity contribution in [2.75, 3.05) is 24.5 Å². The Balaban J connectivity index is 2.02. The quantitative estimate of drug-likeness (QED) is 0.828. The first-order valence-corrected chi connectivity index (χ1v) is 8.69. The van der Waals surface area contributed by atoms with Crippen molar-refractivity contribution in [3.8, 4) is 0 Å². The molecule has 1 aliphatic heterocycles. The van der Waals surface area contributed by atoms with E-state index in [9.17, 15) is 0 Å². The SMILES string of the molecule is CCNCc1ccc(N2CCC(CC)(CC)CC2)cc1C. The van der Waals surface area contributed by atoms with E-state index in [1.165, 1.54) is 55.6 Å². The summed E-state index contributed by atoms with van der Waals surface area (Å²) < 4.78 is 0. The third-order valence-corrected chi connectivity index (χ3v) is 5.58. The zero-order chi connectivity index (χ0) is 15.3. The van der Waals surface area contributed by atoms with Crippen LogP contribution in [-0.4, -0.2) is 19.6 Å². The van der Waals surface area contributed by atoms with Gasteiger partial charge in [0, 0.05) is 25.3 Å². The molecule has 2 nitrogen and oxygen atoms in total. The predicted octanol–water partition coefficient (Wildman–Crippen LogP) is 4.51. The Morgan fingerprint density at radius 3 is 2.29 bits per heavy atom. The van der Waals surface area contributed by atoms with Crippen LogP contribution in [0.15, 0.2) is 18.2 Å². The van der Waals surface area contributed by atoms with Crippen molar-refractivity contribution in [3.63, 3.8) is 0 Å². The molecule has 0 spiro atoms.